The van der Waals surface area contributed by atoms with Gasteiger partial charge in [-0.15, -0.1) is 0 Å². The van der Waals surface area contributed by atoms with E-state index in [1.807, 2.05) is 20.8 Å². The number of hydrogen-bond acceptors (Lipinski definition) is 3. The summed E-state index contributed by atoms with van der Waals surface area (Å²) in [4.78, 5) is 0. The van der Waals surface area contributed by atoms with E-state index in [0.717, 1.165) is 0 Å². The summed E-state index contributed by atoms with van der Waals surface area (Å²) in [5.74, 6) is -0.521. The second-order valence-electron chi connectivity index (χ2n) is 3.06. The highest BCUT2D eigenvalue weighted by Crippen LogP contribution is 2.27. The SMILES string of the molecule is C[C@H]1OC(C)(C)O[C@@H]1CO. The van der Waals surface area contributed by atoms with Crippen molar-refractivity contribution in [2.45, 2.75) is 38.8 Å². The summed E-state index contributed by atoms with van der Waals surface area (Å²) >= 11 is 0. The standard InChI is InChI=1S/C7H14O3/c1-5-6(4-8)10-7(2,3)9-5/h5-6,8H,4H2,1-3H3/t5-,6-/m1/s1. The highest BCUT2D eigenvalue weighted by atomic mass is 16.8. The van der Waals surface area contributed by atoms with Gasteiger partial charge in [0.25, 0.3) is 0 Å². The van der Waals surface area contributed by atoms with Crippen molar-refractivity contribution < 1.29 is 14.6 Å². The van der Waals surface area contributed by atoms with Crippen LogP contribution in [0, 0.1) is 0 Å². The van der Waals surface area contributed by atoms with E-state index in [9.17, 15) is 0 Å². The predicted octanol–water partition coefficient (Wildman–Crippen LogP) is 0.519. The molecule has 0 spiro atoms. The molecule has 1 saturated heterocycles. The second-order valence-corrected chi connectivity index (χ2v) is 3.06. The van der Waals surface area contributed by atoms with E-state index in [0.29, 0.717) is 0 Å². The maximum atomic E-state index is 8.76. The molecule has 0 bridgehead atoms. The molecule has 10 heavy (non-hydrogen) atoms. The minimum absolute atomic E-state index is 0.000000000000000222. The molecule has 1 N–H and O–H groups in total. The fourth-order valence-corrected chi connectivity index (χ4v) is 1.20. The monoisotopic (exact) mass is 146 g/mol. The van der Waals surface area contributed by atoms with Crippen LogP contribution in [0.3, 0.4) is 0 Å². The molecule has 0 radical (unpaired) electrons. The fourth-order valence-electron chi connectivity index (χ4n) is 1.20. The molecule has 0 saturated carbocycles. The molecular weight excluding hydrogens is 132 g/mol. The van der Waals surface area contributed by atoms with E-state index in [4.69, 9.17) is 14.6 Å². The summed E-state index contributed by atoms with van der Waals surface area (Å²) in [5.41, 5.74) is 0. The van der Waals surface area contributed by atoms with Crippen LogP contribution < -0.4 is 0 Å². The third-order valence-electron chi connectivity index (χ3n) is 1.61. The lowest BCUT2D eigenvalue weighted by Gasteiger charge is -2.15. The number of aliphatic hydroxyl groups excluding tert-OH is 1. The Kier molecular flexibility index (Phi) is 1.99. The van der Waals surface area contributed by atoms with Crippen LogP contribution in [0.5, 0.6) is 0 Å². The molecule has 2 atom stereocenters. The van der Waals surface area contributed by atoms with Gasteiger partial charge in [0.05, 0.1) is 12.7 Å². The molecule has 0 aromatic carbocycles. The maximum Gasteiger partial charge on any atom is 0.163 e. The van der Waals surface area contributed by atoms with Gasteiger partial charge in [0.1, 0.15) is 6.10 Å². The summed E-state index contributed by atoms with van der Waals surface area (Å²) in [5, 5.41) is 8.76. The van der Waals surface area contributed by atoms with Gasteiger partial charge in [-0.2, -0.15) is 0 Å². The molecule has 1 rings (SSSR count). The van der Waals surface area contributed by atoms with Crippen molar-refractivity contribution in [2.24, 2.45) is 0 Å². The first-order valence-electron chi connectivity index (χ1n) is 3.51. The van der Waals surface area contributed by atoms with Crippen LogP contribution in [-0.2, 0) is 9.47 Å². The topological polar surface area (TPSA) is 38.7 Å². The first kappa shape index (κ1) is 7.98. The van der Waals surface area contributed by atoms with Crippen LogP contribution in [0.1, 0.15) is 20.8 Å². The third kappa shape index (κ3) is 1.48. The highest BCUT2D eigenvalue weighted by molar-refractivity contribution is 4.76. The Bertz CT molecular complexity index is 122. The van der Waals surface area contributed by atoms with Crippen molar-refractivity contribution in [3.63, 3.8) is 0 Å². The minimum atomic E-state index is -0.521. The second kappa shape index (κ2) is 2.49. The third-order valence-corrected chi connectivity index (χ3v) is 1.61. The molecule has 1 aliphatic heterocycles. The zero-order valence-electron chi connectivity index (χ0n) is 6.63. The van der Waals surface area contributed by atoms with Crippen LogP contribution >= 0.6 is 0 Å². The summed E-state index contributed by atoms with van der Waals surface area (Å²) in [6, 6.07) is 0. The molecule has 1 heterocycles. The largest absolute Gasteiger partial charge is 0.394 e. The number of aliphatic hydroxyl groups is 1. The lowest BCUT2D eigenvalue weighted by Crippen LogP contribution is -2.24. The lowest BCUT2D eigenvalue weighted by atomic mass is 10.2. The first-order valence-corrected chi connectivity index (χ1v) is 3.51. The zero-order valence-corrected chi connectivity index (χ0v) is 6.63. The summed E-state index contributed by atoms with van der Waals surface area (Å²) in [6.45, 7) is 5.62. The van der Waals surface area contributed by atoms with Crippen LogP contribution in [-0.4, -0.2) is 29.7 Å². The molecule has 60 valence electrons. The first-order chi connectivity index (χ1) is 4.55. The van der Waals surface area contributed by atoms with E-state index in [1.165, 1.54) is 0 Å². The smallest absolute Gasteiger partial charge is 0.163 e. The van der Waals surface area contributed by atoms with Gasteiger partial charge in [-0.1, -0.05) is 0 Å². The van der Waals surface area contributed by atoms with E-state index in [2.05, 4.69) is 0 Å². The number of hydrogen-bond donors (Lipinski definition) is 1. The quantitative estimate of drug-likeness (QED) is 0.586. The Balaban J connectivity index is 2.52. The van der Waals surface area contributed by atoms with Crippen molar-refractivity contribution in [3.05, 3.63) is 0 Å². The van der Waals surface area contributed by atoms with Crippen molar-refractivity contribution >= 4 is 0 Å². The highest BCUT2D eigenvalue weighted by Gasteiger charge is 2.37. The molecule has 3 nitrogen and oxygen atoms in total. The summed E-state index contributed by atoms with van der Waals surface area (Å²) in [7, 11) is 0. The van der Waals surface area contributed by atoms with Crippen LogP contribution in [0.2, 0.25) is 0 Å². The van der Waals surface area contributed by atoms with Gasteiger partial charge in [-0.25, -0.2) is 0 Å². The van der Waals surface area contributed by atoms with Gasteiger partial charge >= 0.3 is 0 Å². The Morgan fingerprint density at radius 2 is 2.00 bits per heavy atom. The minimum Gasteiger partial charge on any atom is -0.394 e. The number of rotatable bonds is 1. The molecule has 0 amide bonds. The van der Waals surface area contributed by atoms with Gasteiger partial charge in [0, 0.05) is 0 Å². The fraction of sp³-hybridized carbons (Fsp3) is 1.00. The van der Waals surface area contributed by atoms with Gasteiger partial charge in [-0.3, -0.25) is 0 Å². The molecule has 0 unspecified atom stereocenters. The molecule has 0 aromatic rings. The Morgan fingerprint density at radius 1 is 1.40 bits per heavy atom. The summed E-state index contributed by atoms with van der Waals surface area (Å²) < 4.78 is 10.7. The van der Waals surface area contributed by atoms with Crippen LogP contribution in [0.15, 0.2) is 0 Å². The van der Waals surface area contributed by atoms with Gasteiger partial charge in [0.2, 0.25) is 0 Å². The Morgan fingerprint density at radius 3 is 2.20 bits per heavy atom. The van der Waals surface area contributed by atoms with E-state index >= 15 is 0 Å². The van der Waals surface area contributed by atoms with Crippen molar-refractivity contribution in [1.82, 2.24) is 0 Å². The van der Waals surface area contributed by atoms with Gasteiger partial charge in [0.15, 0.2) is 5.79 Å². The summed E-state index contributed by atoms with van der Waals surface area (Å²) in [6.07, 6.45) is -0.157. The molecule has 1 fully saturated rings. The number of ether oxygens (including phenoxy) is 2. The lowest BCUT2D eigenvalue weighted by molar-refractivity contribution is -0.147. The molecule has 1 aliphatic rings. The van der Waals surface area contributed by atoms with E-state index in [-0.39, 0.29) is 18.8 Å². The predicted molar refractivity (Wildman–Crippen MR) is 36.6 cm³/mol. The zero-order chi connectivity index (χ0) is 7.78. The van der Waals surface area contributed by atoms with Crippen molar-refractivity contribution in [2.75, 3.05) is 6.61 Å². The molecule has 0 aliphatic carbocycles. The van der Waals surface area contributed by atoms with Gasteiger partial charge in [-0.05, 0) is 20.8 Å². The van der Waals surface area contributed by atoms with E-state index in [1.54, 1.807) is 0 Å². The Hall–Kier alpha value is -0.120. The average molecular weight is 146 g/mol. The molecule has 3 heteroatoms. The van der Waals surface area contributed by atoms with Crippen molar-refractivity contribution in [1.29, 1.82) is 0 Å². The van der Waals surface area contributed by atoms with Crippen LogP contribution in [0.25, 0.3) is 0 Å². The maximum absolute atomic E-state index is 8.76. The molecule has 0 aromatic heterocycles. The van der Waals surface area contributed by atoms with E-state index < -0.39 is 5.79 Å². The molecular formula is C7H14O3. The normalized spacial score (nSPS) is 38.4. The van der Waals surface area contributed by atoms with Gasteiger partial charge < -0.3 is 14.6 Å². The van der Waals surface area contributed by atoms with Crippen LogP contribution in [0.4, 0.5) is 0 Å². The van der Waals surface area contributed by atoms with Crippen molar-refractivity contribution in [3.8, 4) is 0 Å². The average Bonchev–Trinajstić information content (AvgIpc) is 2.05. The Labute approximate surface area is 60.9 Å².